The second-order valence-electron chi connectivity index (χ2n) is 4.53. The first-order valence-corrected chi connectivity index (χ1v) is 6.41. The SMILES string of the molecule is O=C(NCC1CCOC1)c1nccnc1-c1ncco1. The van der Waals surface area contributed by atoms with Gasteiger partial charge >= 0.3 is 0 Å². The molecule has 0 bridgehead atoms. The molecule has 2 aromatic heterocycles. The van der Waals surface area contributed by atoms with Crippen molar-refractivity contribution in [2.45, 2.75) is 6.42 Å². The number of amides is 1. The number of oxazole rings is 1. The van der Waals surface area contributed by atoms with E-state index < -0.39 is 0 Å². The van der Waals surface area contributed by atoms with Crippen LogP contribution in [0.15, 0.2) is 29.3 Å². The monoisotopic (exact) mass is 274 g/mol. The number of nitrogens with one attached hydrogen (secondary N) is 1. The van der Waals surface area contributed by atoms with Gasteiger partial charge in [0.1, 0.15) is 6.26 Å². The van der Waals surface area contributed by atoms with Crippen molar-refractivity contribution in [1.82, 2.24) is 20.3 Å². The van der Waals surface area contributed by atoms with Crippen molar-refractivity contribution in [2.75, 3.05) is 19.8 Å². The molecule has 7 heteroatoms. The molecule has 0 saturated carbocycles. The Bertz CT molecular complexity index is 579. The molecule has 0 aliphatic carbocycles. The van der Waals surface area contributed by atoms with Gasteiger partial charge in [0.15, 0.2) is 11.4 Å². The Labute approximate surface area is 115 Å². The van der Waals surface area contributed by atoms with Gasteiger partial charge in [0.25, 0.3) is 5.91 Å². The van der Waals surface area contributed by atoms with Crippen molar-refractivity contribution in [1.29, 1.82) is 0 Å². The van der Waals surface area contributed by atoms with Crippen molar-refractivity contribution >= 4 is 5.91 Å². The second kappa shape index (κ2) is 5.79. The molecule has 1 fully saturated rings. The fourth-order valence-corrected chi connectivity index (χ4v) is 2.07. The average molecular weight is 274 g/mol. The second-order valence-corrected chi connectivity index (χ2v) is 4.53. The van der Waals surface area contributed by atoms with Crippen LogP contribution in [0.1, 0.15) is 16.9 Å². The van der Waals surface area contributed by atoms with Gasteiger partial charge in [-0.3, -0.25) is 4.79 Å². The molecule has 1 aliphatic heterocycles. The van der Waals surface area contributed by atoms with E-state index in [0.717, 1.165) is 13.0 Å². The van der Waals surface area contributed by atoms with Gasteiger partial charge in [0.05, 0.1) is 12.8 Å². The fraction of sp³-hybridized carbons (Fsp3) is 0.385. The quantitative estimate of drug-likeness (QED) is 0.890. The topological polar surface area (TPSA) is 90.1 Å². The van der Waals surface area contributed by atoms with Crippen LogP contribution in [0.5, 0.6) is 0 Å². The van der Waals surface area contributed by atoms with Crippen LogP contribution in [0.4, 0.5) is 0 Å². The highest BCUT2D eigenvalue weighted by Crippen LogP contribution is 2.17. The largest absolute Gasteiger partial charge is 0.443 e. The smallest absolute Gasteiger partial charge is 0.272 e. The van der Waals surface area contributed by atoms with Gasteiger partial charge in [-0.05, 0) is 6.42 Å². The predicted octanol–water partition coefficient (Wildman–Crippen LogP) is 0.898. The lowest BCUT2D eigenvalue weighted by Gasteiger charge is -2.09. The molecule has 0 spiro atoms. The van der Waals surface area contributed by atoms with Crippen molar-refractivity contribution in [3.8, 4) is 11.6 Å². The molecule has 1 amide bonds. The summed E-state index contributed by atoms with van der Waals surface area (Å²) >= 11 is 0. The van der Waals surface area contributed by atoms with Crippen LogP contribution in [0.25, 0.3) is 11.6 Å². The van der Waals surface area contributed by atoms with E-state index in [9.17, 15) is 4.79 Å². The number of aromatic nitrogens is 3. The van der Waals surface area contributed by atoms with E-state index in [1.165, 1.54) is 24.9 Å². The maximum Gasteiger partial charge on any atom is 0.272 e. The molecule has 104 valence electrons. The molecule has 1 aliphatic rings. The minimum absolute atomic E-state index is 0.217. The Hall–Kier alpha value is -2.28. The van der Waals surface area contributed by atoms with Crippen molar-refractivity contribution in [3.05, 3.63) is 30.5 Å². The van der Waals surface area contributed by atoms with E-state index in [1.54, 1.807) is 0 Å². The van der Waals surface area contributed by atoms with Crippen LogP contribution >= 0.6 is 0 Å². The van der Waals surface area contributed by atoms with Crippen molar-refractivity contribution < 1.29 is 13.9 Å². The first-order chi connectivity index (χ1) is 9.84. The molecular weight excluding hydrogens is 260 g/mol. The predicted molar refractivity (Wildman–Crippen MR) is 68.8 cm³/mol. The number of carbonyl (C=O) groups is 1. The molecule has 1 unspecified atom stereocenters. The number of ether oxygens (including phenoxy) is 1. The Morgan fingerprint density at radius 3 is 2.95 bits per heavy atom. The minimum atomic E-state index is -0.279. The lowest BCUT2D eigenvalue weighted by Crippen LogP contribution is -2.30. The molecule has 3 heterocycles. The van der Waals surface area contributed by atoms with E-state index in [-0.39, 0.29) is 17.5 Å². The van der Waals surface area contributed by atoms with Gasteiger partial charge in [-0.25, -0.2) is 15.0 Å². The van der Waals surface area contributed by atoms with Gasteiger partial charge in [-0.1, -0.05) is 0 Å². The molecule has 1 atom stereocenters. The Balaban J connectivity index is 1.74. The van der Waals surface area contributed by atoms with Gasteiger partial charge in [-0.2, -0.15) is 0 Å². The van der Waals surface area contributed by atoms with Crippen LogP contribution in [0.2, 0.25) is 0 Å². The number of carbonyl (C=O) groups excluding carboxylic acids is 1. The number of hydrogen-bond donors (Lipinski definition) is 1. The summed E-state index contributed by atoms with van der Waals surface area (Å²) in [4.78, 5) is 24.4. The lowest BCUT2D eigenvalue weighted by atomic mass is 10.1. The summed E-state index contributed by atoms with van der Waals surface area (Å²) in [5, 5.41) is 2.85. The molecule has 3 rings (SSSR count). The fourth-order valence-electron chi connectivity index (χ4n) is 2.07. The lowest BCUT2D eigenvalue weighted by molar-refractivity contribution is 0.0940. The zero-order valence-corrected chi connectivity index (χ0v) is 10.8. The summed E-state index contributed by atoms with van der Waals surface area (Å²) in [6, 6.07) is 0. The van der Waals surface area contributed by atoms with E-state index in [4.69, 9.17) is 9.15 Å². The van der Waals surface area contributed by atoms with Crippen molar-refractivity contribution in [3.63, 3.8) is 0 Å². The third-order valence-electron chi connectivity index (χ3n) is 3.12. The Kier molecular flexibility index (Phi) is 3.69. The highest BCUT2D eigenvalue weighted by atomic mass is 16.5. The van der Waals surface area contributed by atoms with Gasteiger partial charge in [0, 0.05) is 31.5 Å². The maximum absolute atomic E-state index is 12.2. The van der Waals surface area contributed by atoms with Gasteiger partial charge in [-0.15, -0.1) is 0 Å². The number of hydrogen-bond acceptors (Lipinski definition) is 6. The summed E-state index contributed by atoms with van der Waals surface area (Å²) in [7, 11) is 0. The first kappa shape index (κ1) is 12.7. The molecular formula is C13H14N4O3. The highest BCUT2D eigenvalue weighted by molar-refractivity contribution is 5.96. The molecule has 0 aromatic carbocycles. The molecule has 2 aromatic rings. The Morgan fingerprint density at radius 1 is 1.30 bits per heavy atom. The maximum atomic E-state index is 12.2. The van der Waals surface area contributed by atoms with Gasteiger partial charge < -0.3 is 14.5 Å². The minimum Gasteiger partial charge on any atom is -0.443 e. The summed E-state index contributed by atoms with van der Waals surface area (Å²) in [5.41, 5.74) is 0.562. The molecule has 7 nitrogen and oxygen atoms in total. The molecule has 1 N–H and O–H groups in total. The summed E-state index contributed by atoms with van der Waals surface area (Å²) < 4.78 is 10.4. The third kappa shape index (κ3) is 2.67. The Morgan fingerprint density at radius 2 is 2.20 bits per heavy atom. The van der Waals surface area contributed by atoms with E-state index in [1.807, 2.05) is 0 Å². The summed E-state index contributed by atoms with van der Waals surface area (Å²) in [6.45, 7) is 2.01. The third-order valence-corrected chi connectivity index (χ3v) is 3.12. The van der Waals surface area contributed by atoms with Crippen LogP contribution in [-0.4, -0.2) is 40.6 Å². The average Bonchev–Trinajstić information content (AvgIpc) is 3.18. The number of rotatable bonds is 4. The zero-order chi connectivity index (χ0) is 13.8. The van der Waals surface area contributed by atoms with Crippen LogP contribution in [-0.2, 0) is 4.74 Å². The summed E-state index contributed by atoms with van der Waals surface area (Å²) in [5.74, 6) is 0.367. The molecule has 0 radical (unpaired) electrons. The normalized spacial score (nSPS) is 18.1. The number of nitrogens with zero attached hydrogens (tertiary/aromatic N) is 3. The highest BCUT2D eigenvalue weighted by Gasteiger charge is 2.21. The van der Waals surface area contributed by atoms with Crippen LogP contribution < -0.4 is 5.32 Å². The zero-order valence-electron chi connectivity index (χ0n) is 10.8. The first-order valence-electron chi connectivity index (χ1n) is 6.41. The summed E-state index contributed by atoms with van der Waals surface area (Å²) in [6.07, 6.45) is 6.87. The molecule has 1 saturated heterocycles. The van der Waals surface area contributed by atoms with E-state index in [2.05, 4.69) is 20.3 Å². The van der Waals surface area contributed by atoms with Gasteiger partial charge in [0.2, 0.25) is 5.89 Å². The standard InChI is InChI=1S/C13H14N4O3/c18-12(17-7-9-1-5-19-8-9)10-11(15-3-2-14-10)13-16-4-6-20-13/h2-4,6,9H,1,5,7-8H2,(H,17,18). The van der Waals surface area contributed by atoms with Crippen LogP contribution in [0.3, 0.4) is 0 Å². The van der Waals surface area contributed by atoms with Crippen molar-refractivity contribution in [2.24, 2.45) is 5.92 Å². The van der Waals surface area contributed by atoms with E-state index >= 15 is 0 Å². The van der Waals surface area contributed by atoms with Crippen LogP contribution in [0, 0.1) is 5.92 Å². The molecule has 20 heavy (non-hydrogen) atoms. The van der Waals surface area contributed by atoms with E-state index in [0.29, 0.717) is 24.8 Å².